The summed E-state index contributed by atoms with van der Waals surface area (Å²) in [7, 11) is 1.63. The van der Waals surface area contributed by atoms with E-state index in [9.17, 15) is 9.59 Å². The molecule has 6 rings (SSSR count). The molecule has 2 heterocycles. The minimum absolute atomic E-state index is 0.0286. The normalized spacial score (nSPS) is 17.9. The van der Waals surface area contributed by atoms with Gasteiger partial charge in [0.1, 0.15) is 5.75 Å². The monoisotopic (exact) mass is 532 g/mol. The van der Waals surface area contributed by atoms with E-state index < -0.39 is 6.04 Å². The number of carbonyl (C=O) groups is 2. The van der Waals surface area contributed by atoms with Crippen LogP contribution >= 0.6 is 0 Å². The fourth-order valence-electron chi connectivity index (χ4n) is 5.88. The first kappa shape index (κ1) is 25.6. The van der Waals surface area contributed by atoms with E-state index in [-0.39, 0.29) is 23.7 Å². The molecule has 0 radical (unpaired) electrons. The van der Waals surface area contributed by atoms with Gasteiger partial charge in [-0.05, 0) is 53.8 Å². The van der Waals surface area contributed by atoms with Gasteiger partial charge in [-0.3, -0.25) is 14.6 Å². The molecule has 0 spiro atoms. The fourth-order valence-corrected chi connectivity index (χ4v) is 5.88. The highest BCUT2D eigenvalue weighted by Gasteiger charge is 2.42. The highest BCUT2D eigenvalue weighted by molar-refractivity contribution is 6.03. The van der Waals surface area contributed by atoms with Crippen LogP contribution in [0.4, 0.5) is 17.1 Å². The van der Waals surface area contributed by atoms with Crippen molar-refractivity contribution in [3.05, 3.63) is 102 Å². The first-order valence-electron chi connectivity index (χ1n) is 13.5. The number of nitrogens with zero attached hydrogens (tertiary/aromatic N) is 2. The quantitative estimate of drug-likeness (QED) is 0.305. The molecule has 0 saturated carbocycles. The number of benzene rings is 3. The van der Waals surface area contributed by atoms with Gasteiger partial charge in [-0.2, -0.15) is 0 Å². The number of aromatic nitrogens is 1. The number of Topliss-reactive ketones (excluding diaryl/α,β-unsaturated/α-hetero) is 1. The molecular weight excluding hydrogens is 500 g/mol. The lowest BCUT2D eigenvalue weighted by molar-refractivity contribution is -0.119. The van der Waals surface area contributed by atoms with Crippen molar-refractivity contribution in [2.45, 2.75) is 32.7 Å². The first-order valence-corrected chi connectivity index (χ1v) is 13.5. The molecule has 0 bridgehead atoms. The summed E-state index contributed by atoms with van der Waals surface area (Å²) in [5.74, 6) is 0.580. The van der Waals surface area contributed by atoms with Crippen LogP contribution in [0.2, 0.25) is 0 Å². The van der Waals surface area contributed by atoms with E-state index in [0.717, 1.165) is 40.0 Å². The molecule has 1 unspecified atom stereocenters. The molecule has 1 aliphatic carbocycles. The summed E-state index contributed by atoms with van der Waals surface area (Å²) in [4.78, 5) is 34.0. The number of para-hydroxylation sites is 3. The van der Waals surface area contributed by atoms with Gasteiger partial charge in [0, 0.05) is 23.1 Å². The van der Waals surface area contributed by atoms with Crippen LogP contribution in [-0.2, 0) is 9.59 Å². The van der Waals surface area contributed by atoms with Gasteiger partial charge in [0.25, 0.3) is 0 Å². The van der Waals surface area contributed by atoms with Gasteiger partial charge in [0.15, 0.2) is 5.78 Å². The van der Waals surface area contributed by atoms with Gasteiger partial charge in [0.05, 0.1) is 48.5 Å². The molecule has 1 aliphatic heterocycles. The van der Waals surface area contributed by atoms with Crippen LogP contribution < -0.4 is 20.3 Å². The van der Waals surface area contributed by atoms with E-state index in [1.54, 1.807) is 13.3 Å². The lowest BCUT2D eigenvalue weighted by Gasteiger charge is -2.38. The minimum Gasteiger partial charge on any atom is -0.497 e. The van der Waals surface area contributed by atoms with E-state index >= 15 is 0 Å². The molecule has 2 N–H and O–H groups in total. The molecule has 0 saturated heterocycles. The Morgan fingerprint density at radius 1 is 1.05 bits per heavy atom. The molecule has 4 aromatic rings. The van der Waals surface area contributed by atoms with Crippen molar-refractivity contribution in [3.63, 3.8) is 0 Å². The van der Waals surface area contributed by atoms with Gasteiger partial charge in [-0.25, -0.2) is 0 Å². The van der Waals surface area contributed by atoms with Gasteiger partial charge < -0.3 is 20.3 Å². The molecule has 1 amide bonds. The summed E-state index contributed by atoms with van der Waals surface area (Å²) in [5, 5.41) is 7.58. The fraction of sp³-hybridized carbons (Fsp3) is 0.242. The molecule has 1 aromatic heterocycles. The van der Waals surface area contributed by atoms with Crippen LogP contribution in [0, 0.1) is 5.41 Å². The molecule has 0 fully saturated rings. The number of fused-ring (bicyclic) bond motifs is 2. The van der Waals surface area contributed by atoms with Crippen LogP contribution in [0.25, 0.3) is 10.9 Å². The number of pyridine rings is 1. The van der Waals surface area contributed by atoms with Crippen molar-refractivity contribution < 1.29 is 14.3 Å². The number of ether oxygens (including phenoxy) is 1. The molecular formula is C33H32N4O3. The molecule has 7 heteroatoms. The third-order valence-electron chi connectivity index (χ3n) is 7.60. The van der Waals surface area contributed by atoms with Crippen LogP contribution in [-0.4, -0.2) is 30.3 Å². The largest absolute Gasteiger partial charge is 0.497 e. The summed E-state index contributed by atoms with van der Waals surface area (Å²) in [6, 6.07) is 24.9. The second kappa shape index (κ2) is 10.2. The Labute approximate surface area is 233 Å². The lowest BCUT2D eigenvalue weighted by Crippen LogP contribution is -2.40. The summed E-state index contributed by atoms with van der Waals surface area (Å²) < 4.78 is 5.55. The van der Waals surface area contributed by atoms with Crippen LogP contribution in [0.5, 0.6) is 5.75 Å². The molecule has 3 aromatic carbocycles. The SMILES string of the molecule is COc1cccc(C2C3=C(CC(C)(C)CC3=O)Nc3ccccc3N2CC(=O)Nc2cnc3ccccc3c2)c1. The van der Waals surface area contributed by atoms with Gasteiger partial charge in [0.2, 0.25) is 5.91 Å². The first-order chi connectivity index (χ1) is 19.3. The van der Waals surface area contributed by atoms with E-state index in [1.807, 2.05) is 83.8 Å². The van der Waals surface area contributed by atoms with Gasteiger partial charge >= 0.3 is 0 Å². The Morgan fingerprint density at radius 3 is 2.70 bits per heavy atom. The number of hydrogen-bond acceptors (Lipinski definition) is 6. The van der Waals surface area contributed by atoms with E-state index in [1.165, 1.54) is 0 Å². The Bertz CT molecular complexity index is 1660. The Hall–Kier alpha value is -4.65. The lowest BCUT2D eigenvalue weighted by atomic mass is 9.73. The smallest absolute Gasteiger partial charge is 0.243 e. The number of ketones is 1. The van der Waals surface area contributed by atoms with Crippen molar-refractivity contribution in [1.29, 1.82) is 0 Å². The second-order valence-corrected chi connectivity index (χ2v) is 11.2. The highest BCUT2D eigenvalue weighted by atomic mass is 16.5. The number of allylic oxidation sites excluding steroid dienone is 1. The second-order valence-electron chi connectivity index (χ2n) is 11.2. The molecule has 202 valence electrons. The Morgan fingerprint density at radius 2 is 1.85 bits per heavy atom. The number of hydrogen-bond donors (Lipinski definition) is 2. The third-order valence-corrected chi connectivity index (χ3v) is 7.60. The molecule has 7 nitrogen and oxygen atoms in total. The maximum Gasteiger partial charge on any atom is 0.243 e. The summed E-state index contributed by atoms with van der Waals surface area (Å²) >= 11 is 0. The Balaban J connectivity index is 1.44. The third kappa shape index (κ3) is 4.91. The van der Waals surface area contributed by atoms with Crippen LogP contribution in [0.3, 0.4) is 0 Å². The van der Waals surface area contributed by atoms with Gasteiger partial charge in [-0.15, -0.1) is 0 Å². The van der Waals surface area contributed by atoms with Crippen molar-refractivity contribution in [2.75, 3.05) is 29.2 Å². The number of anilines is 3. The standard InChI is InChI=1S/C33H32N4O3/c1-33(2)17-27-31(29(38)18-33)32(22-10-8-11-24(16-22)40-3)37(28-14-7-6-13-26(28)36-27)20-30(39)35-23-15-21-9-4-5-12-25(21)34-19-23/h4-16,19,32,36H,17-18,20H2,1-3H3,(H,35,39). The van der Waals surface area contributed by atoms with Crippen molar-refractivity contribution in [3.8, 4) is 5.75 Å². The predicted molar refractivity (Wildman–Crippen MR) is 159 cm³/mol. The summed E-state index contributed by atoms with van der Waals surface area (Å²) in [6.07, 6.45) is 2.84. The molecule has 1 atom stereocenters. The zero-order valence-electron chi connectivity index (χ0n) is 22.9. The number of amides is 1. The average molecular weight is 533 g/mol. The molecule has 40 heavy (non-hydrogen) atoms. The van der Waals surface area contributed by atoms with E-state index in [2.05, 4.69) is 29.5 Å². The highest BCUT2D eigenvalue weighted by Crippen LogP contribution is 2.48. The predicted octanol–water partition coefficient (Wildman–Crippen LogP) is 6.50. The van der Waals surface area contributed by atoms with Crippen molar-refractivity contribution in [1.82, 2.24) is 4.98 Å². The maximum atomic E-state index is 13.9. The maximum absolute atomic E-state index is 13.9. The van der Waals surface area contributed by atoms with Crippen molar-refractivity contribution >= 4 is 39.7 Å². The zero-order valence-corrected chi connectivity index (χ0v) is 22.9. The zero-order chi connectivity index (χ0) is 27.9. The summed E-state index contributed by atoms with van der Waals surface area (Å²) in [5.41, 5.74) is 5.52. The number of carbonyl (C=O) groups excluding carboxylic acids is 2. The summed E-state index contributed by atoms with van der Waals surface area (Å²) in [6.45, 7) is 4.27. The average Bonchev–Trinajstić information content (AvgIpc) is 3.06. The van der Waals surface area contributed by atoms with Crippen LogP contribution in [0.15, 0.2) is 96.3 Å². The molecule has 2 aliphatic rings. The van der Waals surface area contributed by atoms with Crippen LogP contribution in [0.1, 0.15) is 38.3 Å². The number of nitrogens with one attached hydrogen (secondary N) is 2. The number of rotatable bonds is 5. The minimum atomic E-state index is -0.481. The van der Waals surface area contributed by atoms with E-state index in [4.69, 9.17) is 4.74 Å². The van der Waals surface area contributed by atoms with Gasteiger partial charge in [-0.1, -0.05) is 56.3 Å². The van der Waals surface area contributed by atoms with E-state index in [0.29, 0.717) is 23.4 Å². The van der Waals surface area contributed by atoms with Crippen molar-refractivity contribution in [2.24, 2.45) is 5.41 Å². The Kier molecular flexibility index (Phi) is 6.50. The number of methoxy groups -OCH3 is 1. The topological polar surface area (TPSA) is 83.6 Å².